The third-order valence-electron chi connectivity index (χ3n) is 5.33. The van der Waals surface area contributed by atoms with Crippen LogP contribution in [-0.2, 0) is 9.59 Å². The van der Waals surface area contributed by atoms with E-state index in [0.717, 1.165) is 18.5 Å². The molecule has 1 saturated heterocycles. The van der Waals surface area contributed by atoms with Crippen LogP contribution in [0.2, 0.25) is 5.02 Å². The molecule has 0 bridgehead atoms. The molecule has 2 unspecified atom stereocenters. The third-order valence-corrected chi connectivity index (χ3v) is 5.58. The molecule has 0 radical (unpaired) electrons. The summed E-state index contributed by atoms with van der Waals surface area (Å²) in [5.74, 6) is 1.45. The van der Waals surface area contributed by atoms with Crippen LogP contribution in [-0.4, -0.2) is 34.2 Å². The van der Waals surface area contributed by atoms with Gasteiger partial charge in [-0.3, -0.25) is 14.9 Å². The average Bonchev–Trinajstić information content (AvgIpc) is 3.48. The highest BCUT2D eigenvalue weighted by molar-refractivity contribution is 6.30. The van der Waals surface area contributed by atoms with Gasteiger partial charge in [-0.2, -0.15) is 5.10 Å². The predicted octanol–water partition coefficient (Wildman–Crippen LogP) is 3.02. The Morgan fingerprint density at radius 1 is 1.33 bits per heavy atom. The lowest BCUT2D eigenvalue weighted by atomic mass is 9.99. The van der Waals surface area contributed by atoms with Crippen molar-refractivity contribution >= 4 is 29.2 Å². The molecule has 2 amide bonds. The van der Waals surface area contributed by atoms with Gasteiger partial charge in [-0.1, -0.05) is 25.4 Å². The van der Waals surface area contributed by atoms with Crippen LogP contribution in [0.25, 0.3) is 0 Å². The van der Waals surface area contributed by atoms with Crippen molar-refractivity contribution < 1.29 is 14.3 Å². The Morgan fingerprint density at radius 3 is 2.73 bits per heavy atom. The van der Waals surface area contributed by atoms with Gasteiger partial charge in [0.1, 0.15) is 11.6 Å². The molecule has 1 aliphatic heterocycles. The molecule has 2 heterocycles. The lowest BCUT2D eigenvalue weighted by Gasteiger charge is -2.34. The second-order valence-electron chi connectivity index (χ2n) is 8.16. The van der Waals surface area contributed by atoms with E-state index >= 15 is 0 Å². The highest BCUT2D eigenvalue weighted by Gasteiger charge is 2.33. The summed E-state index contributed by atoms with van der Waals surface area (Å²) in [7, 11) is 0. The number of aromatic nitrogens is 2. The van der Waals surface area contributed by atoms with Crippen LogP contribution in [0.5, 0.6) is 5.75 Å². The van der Waals surface area contributed by atoms with Gasteiger partial charge in [-0.15, -0.1) is 0 Å². The number of rotatable bonds is 7. The maximum Gasteiger partial charge on any atom is 0.263 e. The first-order chi connectivity index (χ1) is 14.4. The topological polar surface area (TPSA) is 97.3 Å². The number of carbonyl (C=O) groups is 2. The first kappa shape index (κ1) is 20.7. The lowest BCUT2D eigenvalue weighted by molar-refractivity contribution is -0.126. The van der Waals surface area contributed by atoms with E-state index in [0.29, 0.717) is 34.8 Å². The van der Waals surface area contributed by atoms with Gasteiger partial charge in [-0.05, 0) is 43.0 Å². The fourth-order valence-electron chi connectivity index (χ4n) is 3.42. The molecular formula is C21H26ClN5O3. The minimum absolute atomic E-state index is 0.0362. The molecule has 2 atom stereocenters. The second-order valence-corrected chi connectivity index (χ2v) is 8.59. The minimum Gasteiger partial charge on any atom is -0.484 e. The molecule has 1 aliphatic carbocycles. The average molecular weight is 432 g/mol. The maximum atomic E-state index is 12.5. The zero-order valence-electron chi connectivity index (χ0n) is 17.0. The second kappa shape index (κ2) is 8.65. The van der Waals surface area contributed by atoms with Gasteiger partial charge >= 0.3 is 0 Å². The molecule has 3 N–H and O–H groups in total. The summed E-state index contributed by atoms with van der Waals surface area (Å²) in [5.41, 5.74) is 0.923. The molecule has 4 rings (SSSR count). The van der Waals surface area contributed by atoms with Crippen molar-refractivity contribution in [1.82, 2.24) is 20.4 Å². The van der Waals surface area contributed by atoms with E-state index in [2.05, 4.69) is 34.9 Å². The monoisotopic (exact) mass is 431 g/mol. The number of nitrogens with one attached hydrogen (secondary N) is 3. The lowest BCUT2D eigenvalue weighted by Crippen LogP contribution is -2.55. The van der Waals surface area contributed by atoms with E-state index in [9.17, 15) is 9.59 Å². The number of amides is 2. The van der Waals surface area contributed by atoms with Crippen molar-refractivity contribution in [2.24, 2.45) is 5.92 Å². The summed E-state index contributed by atoms with van der Waals surface area (Å²) in [5, 5.41) is 14.5. The van der Waals surface area contributed by atoms with Crippen LogP contribution >= 0.6 is 11.6 Å². The van der Waals surface area contributed by atoms with Crippen molar-refractivity contribution in [3.8, 4) is 5.75 Å². The van der Waals surface area contributed by atoms with Crippen LogP contribution < -0.4 is 20.7 Å². The van der Waals surface area contributed by atoms with Crippen LogP contribution in [0.4, 0.5) is 5.82 Å². The largest absolute Gasteiger partial charge is 0.484 e. The number of nitrogens with zero attached hydrogens (tertiary/aromatic N) is 2. The Balaban J connectivity index is 1.47. The Bertz CT molecular complexity index is 923. The quantitative estimate of drug-likeness (QED) is 0.626. The number of ether oxygens (including phenoxy) is 1. The standard InChI is InChI=1S/C21H26ClN5O3/c1-12(2)16-10-19(28)25-21(23-16)27-18(9-17(26-27)13-3-4-13)24-20(29)11-30-15-7-5-14(22)6-8-15/h5-9,12-13,16,21,23H,3-4,10-11H2,1-2H3,(H,24,29)(H,25,28). The number of benzene rings is 1. The molecule has 1 aromatic heterocycles. The van der Waals surface area contributed by atoms with Crippen molar-refractivity contribution in [2.75, 3.05) is 11.9 Å². The number of hydrogen-bond donors (Lipinski definition) is 3. The fourth-order valence-corrected chi connectivity index (χ4v) is 3.54. The first-order valence-corrected chi connectivity index (χ1v) is 10.6. The summed E-state index contributed by atoms with van der Waals surface area (Å²) in [4.78, 5) is 24.7. The zero-order valence-corrected chi connectivity index (χ0v) is 17.8. The molecule has 160 valence electrons. The van der Waals surface area contributed by atoms with E-state index in [1.807, 2.05) is 6.07 Å². The first-order valence-electron chi connectivity index (χ1n) is 10.2. The van der Waals surface area contributed by atoms with E-state index in [1.54, 1.807) is 28.9 Å². The predicted molar refractivity (Wildman–Crippen MR) is 113 cm³/mol. The summed E-state index contributed by atoms with van der Waals surface area (Å²) in [6, 6.07) is 8.74. The van der Waals surface area contributed by atoms with Crippen molar-refractivity contribution in [2.45, 2.75) is 51.4 Å². The molecule has 9 heteroatoms. The van der Waals surface area contributed by atoms with Crippen molar-refractivity contribution in [3.63, 3.8) is 0 Å². The molecule has 2 aromatic rings. The summed E-state index contributed by atoms with van der Waals surface area (Å²) >= 11 is 5.87. The highest BCUT2D eigenvalue weighted by Crippen LogP contribution is 2.40. The van der Waals surface area contributed by atoms with Crippen molar-refractivity contribution in [1.29, 1.82) is 0 Å². The van der Waals surface area contributed by atoms with Crippen LogP contribution in [0.3, 0.4) is 0 Å². The molecule has 8 nitrogen and oxygen atoms in total. The molecular weight excluding hydrogens is 406 g/mol. The molecule has 1 saturated carbocycles. The summed E-state index contributed by atoms with van der Waals surface area (Å²) < 4.78 is 7.18. The molecule has 2 fully saturated rings. The van der Waals surface area contributed by atoms with Crippen LogP contribution in [0.15, 0.2) is 30.3 Å². The number of hydrogen-bond acceptors (Lipinski definition) is 5. The van der Waals surface area contributed by atoms with E-state index < -0.39 is 6.29 Å². The highest BCUT2D eigenvalue weighted by atomic mass is 35.5. The van der Waals surface area contributed by atoms with Gasteiger partial charge < -0.3 is 15.4 Å². The van der Waals surface area contributed by atoms with E-state index in [1.165, 1.54) is 0 Å². The summed E-state index contributed by atoms with van der Waals surface area (Å²) in [6.07, 6.45) is 2.08. The van der Waals surface area contributed by atoms with E-state index in [4.69, 9.17) is 16.3 Å². The van der Waals surface area contributed by atoms with Crippen LogP contribution in [0, 0.1) is 5.92 Å². The maximum absolute atomic E-state index is 12.5. The Morgan fingerprint density at radius 2 is 2.07 bits per heavy atom. The SMILES string of the molecule is CC(C)C1CC(=O)NC(n2nc(C3CC3)cc2NC(=O)COc2ccc(Cl)cc2)N1. The van der Waals surface area contributed by atoms with Gasteiger partial charge in [0.25, 0.3) is 5.91 Å². The van der Waals surface area contributed by atoms with E-state index in [-0.39, 0.29) is 24.5 Å². The van der Waals surface area contributed by atoms with Gasteiger partial charge in [0, 0.05) is 29.5 Å². The molecule has 1 aromatic carbocycles. The van der Waals surface area contributed by atoms with Gasteiger partial charge in [-0.25, -0.2) is 4.68 Å². The normalized spacial score (nSPS) is 21.4. The smallest absolute Gasteiger partial charge is 0.263 e. The van der Waals surface area contributed by atoms with Crippen LogP contribution in [0.1, 0.15) is 51.0 Å². The third kappa shape index (κ3) is 4.94. The number of halogens is 1. The Hall–Kier alpha value is -2.58. The van der Waals surface area contributed by atoms with Gasteiger partial charge in [0.15, 0.2) is 12.9 Å². The number of carbonyl (C=O) groups excluding carboxylic acids is 2. The minimum atomic E-state index is -0.515. The van der Waals surface area contributed by atoms with Gasteiger partial charge in [0.2, 0.25) is 5.91 Å². The number of anilines is 1. The van der Waals surface area contributed by atoms with Gasteiger partial charge in [0.05, 0.1) is 5.69 Å². The molecule has 2 aliphatic rings. The molecule has 30 heavy (non-hydrogen) atoms. The fraction of sp³-hybridized carbons (Fsp3) is 0.476. The zero-order chi connectivity index (χ0) is 21.3. The Kier molecular flexibility index (Phi) is 5.97. The van der Waals surface area contributed by atoms with Crippen molar-refractivity contribution in [3.05, 3.63) is 41.0 Å². The molecule has 0 spiro atoms. The Labute approximate surface area is 180 Å². The summed E-state index contributed by atoms with van der Waals surface area (Å²) in [6.45, 7) is 4.00.